The third-order valence-electron chi connectivity index (χ3n) is 15.0. The van der Waals surface area contributed by atoms with Crippen molar-refractivity contribution in [3.8, 4) is 22.4 Å². The Bertz CT molecular complexity index is 2660. The van der Waals surface area contributed by atoms with Gasteiger partial charge >= 0.3 is 12.2 Å². The lowest BCUT2D eigenvalue weighted by atomic mass is 9.90. The second-order valence-electron chi connectivity index (χ2n) is 20.3. The molecule has 0 unspecified atom stereocenters. The number of carbonyl (C=O) groups excluding carboxylic acids is 4. The average molecular weight is 918 g/mol. The van der Waals surface area contributed by atoms with Crippen LogP contribution >= 0.6 is 0 Å². The molecule has 0 radical (unpaired) electrons. The second kappa shape index (κ2) is 17.5. The number of H-pyrrole nitrogens is 1. The van der Waals surface area contributed by atoms with Crippen LogP contribution in [0.1, 0.15) is 106 Å². The number of ether oxygens (including phenoxy) is 2. The zero-order valence-corrected chi connectivity index (χ0v) is 39.5. The van der Waals surface area contributed by atoms with Crippen molar-refractivity contribution in [2.75, 3.05) is 20.8 Å². The number of aryl methyl sites for hydroxylation is 2. The van der Waals surface area contributed by atoms with Gasteiger partial charge in [0.2, 0.25) is 11.8 Å². The Labute approximate surface area is 390 Å². The fourth-order valence-corrected chi connectivity index (χ4v) is 11.2. The highest BCUT2D eigenvalue weighted by atomic mass is 19.3. The van der Waals surface area contributed by atoms with E-state index in [1.165, 1.54) is 31.4 Å². The van der Waals surface area contributed by atoms with Crippen LogP contribution in [0.4, 0.5) is 24.1 Å². The summed E-state index contributed by atoms with van der Waals surface area (Å²) >= 11 is 0. The van der Waals surface area contributed by atoms with Crippen LogP contribution in [0.3, 0.4) is 0 Å². The summed E-state index contributed by atoms with van der Waals surface area (Å²) < 4.78 is 40.4. The number of aliphatic imine (C=N–C) groups is 1. The first kappa shape index (κ1) is 46.0. The van der Waals surface area contributed by atoms with E-state index in [1.54, 1.807) is 24.4 Å². The number of hydrogen-bond donors (Lipinski definition) is 3. The number of likely N-dealkylation sites (tertiary alicyclic amines) is 2. The van der Waals surface area contributed by atoms with E-state index in [0.717, 1.165) is 61.9 Å². The van der Waals surface area contributed by atoms with Crippen molar-refractivity contribution in [1.82, 2.24) is 30.4 Å². The molecule has 4 fully saturated rings. The van der Waals surface area contributed by atoms with Crippen molar-refractivity contribution in [2.24, 2.45) is 28.2 Å². The van der Waals surface area contributed by atoms with Crippen molar-refractivity contribution in [1.29, 1.82) is 0 Å². The maximum Gasteiger partial charge on any atom is 0.407 e. The van der Waals surface area contributed by atoms with Crippen molar-refractivity contribution in [3.63, 3.8) is 0 Å². The normalized spacial score (nSPS) is 23.0. The van der Waals surface area contributed by atoms with Crippen LogP contribution < -0.4 is 10.6 Å². The second-order valence-corrected chi connectivity index (χ2v) is 20.3. The summed E-state index contributed by atoms with van der Waals surface area (Å²) in [6.45, 7) is 12.2. The number of methoxy groups -OCH3 is 2. The van der Waals surface area contributed by atoms with Gasteiger partial charge in [-0.05, 0) is 110 Å². The number of hydrogen-bond acceptors (Lipinski definition) is 8. The van der Waals surface area contributed by atoms with Crippen molar-refractivity contribution in [3.05, 3.63) is 94.4 Å². The van der Waals surface area contributed by atoms with Gasteiger partial charge in [-0.3, -0.25) is 14.6 Å². The number of amides is 4. The number of carbonyl (C=O) groups is 4. The summed E-state index contributed by atoms with van der Waals surface area (Å²) in [6.07, 6.45) is 7.31. The molecule has 4 heterocycles. The van der Waals surface area contributed by atoms with Crippen LogP contribution in [0.15, 0.2) is 65.8 Å². The molecule has 1 spiro atoms. The number of fused-ring (bicyclic) bond motifs is 6. The third-order valence-corrected chi connectivity index (χ3v) is 15.0. The molecule has 10 rings (SSSR count). The lowest BCUT2D eigenvalue weighted by Gasteiger charge is -2.38. The van der Waals surface area contributed by atoms with E-state index in [4.69, 9.17) is 14.5 Å². The van der Waals surface area contributed by atoms with Gasteiger partial charge in [-0.25, -0.2) is 14.6 Å². The number of alkyl carbamates (subject to hydrolysis) is 2. The summed E-state index contributed by atoms with van der Waals surface area (Å²) in [5.74, 6) is -2.33. The van der Waals surface area contributed by atoms with Gasteiger partial charge in [0.15, 0.2) is 0 Å². The van der Waals surface area contributed by atoms with E-state index in [1.807, 2.05) is 56.6 Å². The maximum atomic E-state index is 15.4. The van der Waals surface area contributed by atoms with E-state index < -0.39 is 30.2 Å². The SMILES string of the molecule is COC(=O)N[C@H](C(=O)N1CC2(CC2)C[C@H]1c1ncc(-c2ccc3c(c2)C(F)(F)c2cc(C)ccc2-3)[nH]1)C(C)C.COC(=O)N[C@H](C(=O)N1[C@@H]2CC[C@@H](C2)[C@H]1C1=Nc2ccc(C)cc2C1)C(C)C. The zero-order valence-electron chi connectivity index (χ0n) is 39.5. The fraction of sp³-hybridized carbons (Fsp3) is 0.500. The van der Waals surface area contributed by atoms with E-state index in [-0.39, 0.29) is 58.3 Å². The number of imidazole rings is 1. The molecule has 3 aliphatic heterocycles. The van der Waals surface area contributed by atoms with Crippen LogP contribution in [0.5, 0.6) is 0 Å². The number of alkyl halides is 2. The van der Waals surface area contributed by atoms with Gasteiger partial charge in [0, 0.05) is 41.4 Å². The molecule has 67 heavy (non-hydrogen) atoms. The summed E-state index contributed by atoms with van der Waals surface area (Å²) in [7, 11) is 2.60. The number of halogens is 2. The molecule has 4 amide bonds. The molecule has 6 atom stereocenters. The molecular weight excluding hydrogens is 857 g/mol. The number of piperidine rings is 1. The molecule has 354 valence electrons. The quantitative estimate of drug-likeness (QED) is 0.151. The van der Waals surface area contributed by atoms with E-state index in [2.05, 4.69) is 45.7 Å². The molecule has 6 aliphatic rings. The molecule has 3 aliphatic carbocycles. The zero-order chi connectivity index (χ0) is 47.7. The highest BCUT2D eigenvalue weighted by Crippen LogP contribution is 2.59. The average Bonchev–Trinajstić information content (AvgIpc) is 3.96. The molecule has 2 saturated carbocycles. The lowest BCUT2D eigenvalue weighted by Crippen LogP contribution is -2.57. The largest absolute Gasteiger partial charge is 0.453 e. The Morgan fingerprint density at radius 1 is 0.821 bits per heavy atom. The molecule has 1 aromatic heterocycles. The van der Waals surface area contributed by atoms with Gasteiger partial charge in [0.05, 0.1) is 43.9 Å². The maximum absolute atomic E-state index is 15.4. The van der Waals surface area contributed by atoms with E-state index in [9.17, 15) is 19.2 Å². The number of nitrogens with zero attached hydrogens (tertiary/aromatic N) is 4. The van der Waals surface area contributed by atoms with E-state index in [0.29, 0.717) is 40.7 Å². The fourth-order valence-electron chi connectivity index (χ4n) is 11.2. The summed E-state index contributed by atoms with van der Waals surface area (Å²) in [5.41, 5.74) is 7.84. The third kappa shape index (κ3) is 8.47. The molecule has 2 saturated heterocycles. The number of nitrogens with one attached hydrogen (secondary N) is 3. The summed E-state index contributed by atoms with van der Waals surface area (Å²) in [4.78, 5) is 67.6. The van der Waals surface area contributed by atoms with Crippen LogP contribution in [-0.4, -0.2) is 94.4 Å². The number of rotatable bonds is 9. The Hall–Kier alpha value is -6.12. The molecule has 2 bridgehead atoms. The standard InChI is InChI=1S/C30H32F2N4O3.C22H29N3O3/c1-16(2)25(35-28(38)39-4)27(37)36-15-29(9-10-29)13-24(36)26-33-14-23(34-26)18-6-8-20-19-7-5-17(3)11-21(19)30(31,32)22(20)12-18;1-12(2)19(24-22(27)28-4)21(26)25-16-7-6-14(10-16)20(25)18-11-15-9-13(3)5-8-17(15)23-18/h5-8,11-12,14,16,24-25H,9-10,13,15H2,1-4H3,(H,33,34)(H,35,38);5,8-9,12,14,16,19-20H,6-7,10-11H2,1-4H3,(H,24,27)/t24-,25-;14-,16+,19-,20-/m00/s1. The molecule has 3 aromatic carbocycles. The Morgan fingerprint density at radius 3 is 2.10 bits per heavy atom. The molecular formula is C52H61F2N7O6. The first-order valence-electron chi connectivity index (χ1n) is 23.6. The predicted molar refractivity (Wildman–Crippen MR) is 250 cm³/mol. The van der Waals surface area contributed by atoms with Gasteiger partial charge < -0.3 is 34.9 Å². The van der Waals surface area contributed by atoms with Gasteiger partial charge in [0.1, 0.15) is 17.9 Å². The molecule has 3 N–H and O–H groups in total. The summed E-state index contributed by atoms with van der Waals surface area (Å²) in [6, 6.07) is 15.3. The molecule has 13 nitrogen and oxygen atoms in total. The number of benzene rings is 3. The minimum atomic E-state index is -3.08. The lowest BCUT2D eigenvalue weighted by molar-refractivity contribution is -0.137. The molecule has 4 aromatic rings. The van der Waals surface area contributed by atoms with Gasteiger partial charge in [-0.1, -0.05) is 75.2 Å². The van der Waals surface area contributed by atoms with Crippen LogP contribution in [0, 0.1) is 37.0 Å². The number of aromatic nitrogens is 2. The Balaban J connectivity index is 0.000000177. The predicted octanol–water partition coefficient (Wildman–Crippen LogP) is 9.32. The van der Waals surface area contributed by atoms with Crippen LogP contribution in [-0.2, 0) is 31.4 Å². The van der Waals surface area contributed by atoms with Crippen molar-refractivity contribution in [2.45, 2.75) is 123 Å². The van der Waals surface area contributed by atoms with Crippen molar-refractivity contribution >= 4 is 35.4 Å². The number of aromatic amines is 1. The first-order valence-corrected chi connectivity index (χ1v) is 23.6. The van der Waals surface area contributed by atoms with Crippen molar-refractivity contribution < 1.29 is 37.4 Å². The molecule has 15 heteroatoms. The van der Waals surface area contributed by atoms with E-state index >= 15 is 8.78 Å². The van der Waals surface area contributed by atoms with Gasteiger partial charge in [-0.2, -0.15) is 8.78 Å². The van der Waals surface area contributed by atoms with Crippen LogP contribution in [0.25, 0.3) is 22.4 Å². The Morgan fingerprint density at radius 2 is 1.45 bits per heavy atom. The van der Waals surface area contributed by atoms with Gasteiger partial charge in [-0.15, -0.1) is 0 Å². The van der Waals surface area contributed by atoms with Gasteiger partial charge in [0.25, 0.3) is 5.92 Å². The minimum Gasteiger partial charge on any atom is -0.453 e. The summed E-state index contributed by atoms with van der Waals surface area (Å²) in [5, 5.41) is 5.43. The highest BCUT2D eigenvalue weighted by Gasteiger charge is 2.56. The monoisotopic (exact) mass is 917 g/mol. The minimum absolute atomic E-state index is 0.00700. The topological polar surface area (TPSA) is 158 Å². The first-order chi connectivity index (χ1) is 31.9. The Kier molecular flexibility index (Phi) is 12.0. The van der Waals surface area contributed by atoms with Crippen LogP contribution in [0.2, 0.25) is 0 Å². The smallest absolute Gasteiger partial charge is 0.407 e. The highest BCUT2D eigenvalue weighted by molar-refractivity contribution is 6.01.